The van der Waals surface area contributed by atoms with E-state index >= 15 is 0 Å². The van der Waals surface area contributed by atoms with E-state index in [0.29, 0.717) is 11.4 Å². The average Bonchev–Trinajstić information content (AvgIpc) is 3.03. The number of thiophene rings is 1. The van der Waals surface area contributed by atoms with Crippen LogP contribution < -0.4 is 10.0 Å². The van der Waals surface area contributed by atoms with E-state index in [1.807, 2.05) is 0 Å². The smallest absolute Gasteiger partial charge is 0.265 e. The second kappa shape index (κ2) is 7.45. The van der Waals surface area contributed by atoms with Crippen LogP contribution in [-0.4, -0.2) is 20.6 Å². The maximum Gasteiger partial charge on any atom is 0.265 e. The van der Waals surface area contributed by atoms with Crippen molar-refractivity contribution in [1.29, 1.82) is 0 Å². The lowest BCUT2D eigenvalue weighted by molar-refractivity contribution is 0.103. The number of amides is 1. The number of carbonyl (C=O) groups excluding carboxylic acids is 1. The molecule has 0 fully saturated rings. The number of nitrogens with one attached hydrogen (secondary N) is 2. The van der Waals surface area contributed by atoms with Crippen LogP contribution in [0.3, 0.4) is 0 Å². The topological polar surface area (TPSA) is 75.3 Å². The molecule has 0 unspecified atom stereocenters. The zero-order valence-corrected chi connectivity index (χ0v) is 15.6. The molecule has 1 aromatic heterocycles. The molecule has 1 amide bonds. The predicted octanol–water partition coefficient (Wildman–Crippen LogP) is 4.32. The van der Waals surface area contributed by atoms with Crippen molar-refractivity contribution in [2.75, 3.05) is 16.3 Å². The zero-order chi connectivity index (χ0) is 19.6. The van der Waals surface area contributed by atoms with Crippen molar-refractivity contribution < 1.29 is 22.0 Å². The van der Waals surface area contributed by atoms with E-state index in [9.17, 15) is 22.0 Å². The standard InChI is InChI=1S/C18H14F2N2O3S2/c1-27(24,25)22-13-5-2-4-12(9-13)21-18(23)16-8-11(10-26-16)17-14(19)6-3-7-15(17)20/h2-10,22H,1H3,(H,21,23). The van der Waals surface area contributed by atoms with Crippen LogP contribution >= 0.6 is 11.3 Å². The molecule has 0 bridgehead atoms. The Balaban J connectivity index is 1.80. The van der Waals surface area contributed by atoms with Crippen LogP contribution in [-0.2, 0) is 10.0 Å². The Bertz CT molecular complexity index is 1090. The van der Waals surface area contributed by atoms with Crippen LogP contribution in [0.1, 0.15) is 9.67 Å². The van der Waals surface area contributed by atoms with Crippen molar-refractivity contribution in [3.63, 3.8) is 0 Å². The lowest BCUT2D eigenvalue weighted by atomic mass is 10.1. The number of benzene rings is 2. The third-order valence-electron chi connectivity index (χ3n) is 3.50. The molecule has 2 aromatic carbocycles. The van der Waals surface area contributed by atoms with Crippen molar-refractivity contribution in [2.24, 2.45) is 0 Å². The first kappa shape index (κ1) is 19.0. The molecule has 9 heteroatoms. The lowest BCUT2D eigenvalue weighted by Gasteiger charge is -2.07. The van der Waals surface area contributed by atoms with Crippen molar-refractivity contribution in [3.8, 4) is 11.1 Å². The summed E-state index contributed by atoms with van der Waals surface area (Å²) >= 11 is 1.05. The van der Waals surface area contributed by atoms with E-state index in [0.717, 1.165) is 29.7 Å². The zero-order valence-electron chi connectivity index (χ0n) is 14.0. The number of halogens is 2. The Morgan fingerprint density at radius 1 is 1.00 bits per heavy atom. The highest BCUT2D eigenvalue weighted by atomic mass is 32.2. The van der Waals surface area contributed by atoms with Crippen LogP contribution in [0.4, 0.5) is 20.2 Å². The van der Waals surface area contributed by atoms with Crippen LogP contribution in [0.15, 0.2) is 53.9 Å². The summed E-state index contributed by atoms with van der Waals surface area (Å²) in [5.41, 5.74) is 0.761. The highest BCUT2D eigenvalue weighted by Crippen LogP contribution is 2.30. The predicted molar refractivity (Wildman–Crippen MR) is 103 cm³/mol. The third kappa shape index (κ3) is 4.69. The van der Waals surface area contributed by atoms with Gasteiger partial charge in [0.1, 0.15) is 11.6 Å². The first-order valence-electron chi connectivity index (χ1n) is 7.65. The molecule has 140 valence electrons. The average molecular weight is 408 g/mol. The number of rotatable bonds is 5. The Labute approximate surface area is 158 Å². The summed E-state index contributed by atoms with van der Waals surface area (Å²) in [6.07, 6.45) is 1.02. The molecule has 1 heterocycles. The van der Waals surface area contributed by atoms with Gasteiger partial charge in [0, 0.05) is 5.69 Å². The number of hydrogen-bond donors (Lipinski definition) is 2. The van der Waals surface area contributed by atoms with Crippen LogP contribution in [0.2, 0.25) is 0 Å². The van der Waals surface area contributed by atoms with Gasteiger partial charge < -0.3 is 5.32 Å². The highest BCUT2D eigenvalue weighted by Gasteiger charge is 2.16. The Morgan fingerprint density at radius 3 is 2.30 bits per heavy atom. The van der Waals surface area contributed by atoms with Gasteiger partial charge in [-0.25, -0.2) is 17.2 Å². The molecule has 0 radical (unpaired) electrons. The fraction of sp³-hybridized carbons (Fsp3) is 0.0556. The highest BCUT2D eigenvalue weighted by molar-refractivity contribution is 7.92. The fourth-order valence-corrected chi connectivity index (χ4v) is 3.78. The summed E-state index contributed by atoms with van der Waals surface area (Å²) in [4.78, 5) is 12.7. The molecule has 5 nitrogen and oxygen atoms in total. The SMILES string of the molecule is CS(=O)(=O)Nc1cccc(NC(=O)c2cc(-c3c(F)cccc3F)cs2)c1. The quantitative estimate of drug-likeness (QED) is 0.660. The van der Waals surface area contributed by atoms with Gasteiger partial charge in [-0.2, -0.15) is 0 Å². The summed E-state index contributed by atoms with van der Waals surface area (Å²) in [6.45, 7) is 0. The van der Waals surface area contributed by atoms with Crippen molar-refractivity contribution in [2.45, 2.75) is 0 Å². The molecular formula is C18H14F2N2O3S2. The van der Waals surface area contributed by atoms with Gasteiger partial charge in [-0.3, -0.25) is 9.52 Å². The van der Waals surface area contributed by atoms with Crippen LogP contribution in [0, 0.1) is 11.6 Å². The number of carbonyl (C=O) groups is 1. The van der Waals surface area contributed by atoms with Gasteiger partial charge in [0.2, 0.25) is 10.0 Å². The van der Waals surface area contributed by atoms with Gasteiger partial charge in [0.05, 0.1) is 22.4 Å². The fourth-order valence-electron chi connectivity index (χ4n) is 2.43. The van der Waals surface area contributed by atoms with Crippen LogP contribution in [0.5, 0.6) is 0 Å². The maximum atomic E-state index is 13.9. The molecule has 2 N–H and O–H groups in total. The number of hydrogen-bond acceptors (Lipinski definition) is 4. The number of anilines is 2. The first-order valence-corrected chi connectivity index (χ1v) is 10.4. The van der Waals surface area contributed by atoms with E-state index in [2.05, 4.69) is 10.0 Å². The van der Waals surface area contributed by atoms with Crippen LogP contribution in [0.25, 0.3) is 11.1 Å². The number of sulfonamides is 1. The second-order valence-corrected chi connectivity index (χ2v) is 8.37. The molecule has 0 saturated heterocycles. The molecule has 0 aliphatic heterocycles. The molecule has 0 spiro atoms. The molecule has 3 aromatic rings. The molecule has 0 aliphatic rings. The van der Waals surface area contributed by atoms with Gasteiger partial charge in [-0.15, -0.1) is 11.3 Å². The van der Waals surface area contributed by atoms with Crippen molar-refractivity contribution in [3.05, 3.63) is 70.4 Å². The summed E-state index contributed by atoms with van der Waals surface area (Å²) < 4.78 is 52.7. The van der Waals surface area contributed by atoms with Gasteiger partial charge >= 0.3 is 0 Å². The minimum atomic E-state index is -3.44. The monoisotopic (exact) mass is 408 g/mol. The molecule has 0 aliphatic carbocycles. The van der Waals surface area contributed by atoms with E-state index < -0.39 is 27.6 Å². The van der Waals surface area contributed by atoms with E-state index in [1.54, 1.807) is 18.2 Å². The second-order valence-electron chi connectivity index (χ2n) is 5.71. The largest absolute Gasteiger partial charge is 0.321 e. The van der Waals surface area contributed by atoms with Gasteiger partial charge in [-0.05, 0) is 47.3 Å². The molecule has 0 saturated carbocycles. The van der Waals surface area contributed by atoms with Crippen molar-refractivity contribution in [1.82, 2.24) is 0 Å². The first-order chi connectivity index (χ1) is 12.7. The minimum absolute atomic E-state index is 0.188. The van der Waals surface area contributed by atoms with Gasteiger partial charge in [0.25, 0.3) is 5.91 Å². The summed E-state index contributed by atoms with van der Waals surface area (Å²) in [5, 5.41) is 4.13. The Hall–Kier alpha value is -2.78. The maximum absolute atomic E-state index is 13.9. The summed E-state index contributed by atoms with van der Waals surface area (Å²) in [7, 11) is -3.44. The summed E-state index contributed by atoms with van der Waals surface area (Å²) in [6, 6.07) is 11.1. The molecular weight excluding hydrogens is 394 g/mol. The summed E-state index contributed by atoms with van der Waals surface area (Å²) in [5.74, 6) is -1.89. The normalized spacial score (nSPS) is 11.2. The minimum Gasteiger partial charge on any atom is -0.321 e. The Kier molecular flexibility index (Phi) is 5.24. The van der Waals surface area contributed by atoms with E-state index in [1.165, 1.54) is 23.6 Å². The molecule has 3 rings (SSSR count). The van der Waals surface area contributed by atoms with Crippen molar-refractivity contribution >= 4 is 38.6 Å². The third-order valence-corrected chi connectivity index (χ3v) is 5.03. The molecule has 27 heavy (non-hydrogen) atoms. The Morgan fingerprint density at radius 2 is 1.63 bits per heavy atom. The van der Waals surface area contributed by atoms with E-state index in [4.69, 9.17) is 0 Å². The van der Waals surface area contributed by atoms with E-state index in [-0.39, 0.29) is 16.0 Å². The van der Waals surface area contributed by atoms with Gasteiger partial charge in [0.15, 0.2) is 0 Å². The van der Waals surface area contributed by atoms with Gasteiger partial charge in [-0.1, -0.05) is 12.1 Å². The molecule has 0 atom stereocenters. The lowest BCUT2D eigenvalue weighted by Crippen LogP contribution is -2.12.